The topological polar surface area (TPSA) is 54.5 Å². The summed E-state index contributed by atoms with van der Waals surface area (Å²) >= 11 is 1.47. The van der Waals surface area contributed by atoms with Crippen molar-refractivity contribution < 1.29 is 9.53 Å². The number of benzene rings is 1. The number of likely N-dealkylation sites (tertiary alicyclic amines) is 1. The van der Waals surface area contributed by atoms with E-state index < -0.39 is 0 Å². The molecule has 1 atom stereocenters. The standard InChI is InChI=1S/C20H27N3O2S/c1-14(2)25-18-9-5-4-8-17(18)19(24)22-20-21-16(13-26-20)12-23-10-6-7-15(3)11-23/h4-5,8-9,13-15H,6-7,10-12H2,1-3H3,(H,21,22,24). The fourth-order valence-electron chi connectivity index (χ4n) is 3.27. The number of ether oxygens (including phenoxy) is 1. The first kappa shape index (κ1) is 18.9. The van der Waals surface area contributed by atoms with Crippen molar-refractivity contribution in [1.29, 1.82) is 0 Å². The van der Waals surface area contributed by atoms with E-state index in [2.05, 4.69) is 22.1 Å². The first-order valence-electron chi connectivity index (χ1n) is 9.25. The van der Waals surface area contributed by atoms with Crippen LogP contribution in [0.4, 0.5) is 5.13 Å². The third kappa shape index (κ3) is 5.05. The minimum Gasteiger partial charge on any atom is -0.490 e. The highest BCUT2D eigenvalue weighted by molar-refractivity contribution is 7.14. The summed E-state index contributed by atoms with van der Waals surface area (Å²) in [6.07, 6.45) is 2.58. The van der Waals surface area contributed by atoms with Crippen LogP contribution in [-0.2, 0) is 6.54 Å². The molecule has 0 radical (unpaired) electrons. The molecule has 1 N–H and O–H groups in total. The van der Waals surface area contributed by atoms with Crippen molar-refractivity contribution in [1.82, 2.24) is 9.88 Å². The van der Waals surface area contributed by atoms with E-state index in [0.29, 0.717) is 16.4 Å². The zero-order chi connectivity index (χ0) is 18.5. The molecule has 3 rings (SSSR count). The Bertz CT molecular complexity index is 744. The van der Waals surface area contributed by atoms with Gasteiger partial charge in [-0.05, 0) is 51.3 Å². The van der Waals surface area contributed by atoms with E-state index in [4.69, 9.17) is 4.74 Å². The van der Waals surface area contributed by atoms with Crippen molar-refractivity contribution in [2.45, 2.75) is 46.3 Å². The predicted octanol–water partition coefficient (Wildman–Crippen LogP) is 4.41. The molecule has 0 bridgehead atoms. The number of para-hydroxylation sites is 1. The summed E-state index contributed by atoms with van der Waals surface area (Å²) in [6, 6.07) is 7.30. The van der Waals surface area contributed by atoms with Gasteiger partial charge in [0.05, 0.1) is 17.4 Å². The Labute approximate surface area is 159 Å². The van der Waals surface area contributed by atoms with Gasteiger partial charge in [0.2, 0.25) is 0 Å². The van der Waals surface area contributed by atoms with Crippen molar-refractivity contribution in [2.24, 2.45) is 5.92 Å². The number of aromatic nitrogens is 1. The number of thiazole rings is 1. The molecule has 1 aliphatic rings. The monoisotopic (exact) mass is 373 g/mol. The first-order valence-corrected chi connectivity index (χ1v) is 10.1. The minimum atomic E-state index is -0.186. The molecule has 1 aromatic heterocycles. The predicted molar refractivity (Wildman–Crippen MR) is 106 cm³/mol. The molecule has 2 aromatic rings. The second-order valence-corrected chi connectivity index (χ2v) is 8.10. The van der Waals surface area contributed by atoms with Gasteiger partial charge in [0.25, 0.3) is 5.91 Å². The Morgan fingerprint density at radius 1 is 1.42 bits per heavy atom. The molecule has 26 heavy (non-hydrogen) atoms. The van der Waals surface area contributed by atoms with E-state index in [1.54, 1.807) is 6.07 Å². The van der Waals surface area contributed by atoms with E-state index in [9.17, 15) is 4.79 Å². The molecule has 5 nitrogen and oxygen atoms in total. The number of amides is 1. The Morgan fingerprint density at radius 3 is 3.00 bits per heavy atom. The van der Waals surface area contributed by atoms with Crippen LogP contribution in [0.15, 0.2) is 29.6 Å². The molecule has 1 amide bonds. The SMILES string of the molecule is CC1CCCN(Cc2csc(NC(=O)c3ccccc3OC(C)C)n2)C1. The Morgan fingerprint density at radius 2 is 2.23 bits per heavy atom. The van der Waals surface area contributed by atoms with E-state index in [1.807, 2.05) is 37.4 Å². The summed E-state index contributed by atoms with van der Waals surface area (Å²) in [4.78, 5) is 19.7. The van der Waals surface area contributed by atoms with Crippen LogP contribution in [0.1, 0.15) is 49.7 Å². The van der Waals surface area contributed by atoms with Gasteiger partial charge in [-0.15, -0.1) is 11.3 Å². The molecular weight excluding hydrogens is 346 g/mol. The van der Waals surface area contributed by atoms with Crippen LogP contribution in [0.2, 0.25) is 0 Å². The zero-order valence-electron chi connectivity index (χ0n) is 15.7. The highest BCUT2D eigenvalue weighted by Gasteiger charge is 2.18. The molecule has 2 heterocycles. The lowest BCUT2D eigenvalue weighted by Gasteiger charge is -2.30. The van der Waals surface area contributed by atoms with Gasteiger partial charge in [-0.3, -0.25) is 15.0 Å². The molecule has 1 aromatic carbocycles. The quantitative estimate of drug-likeness (QED) is 0.815. The highest BCUT2D eigenvalue weighted by Crippen LogP contribution is 2.24. The average molecular weight is 374 g/mol. The summed E-state index contributed by atoms with van der Waals surface area (Å²) < 4.78 is 5.74. The molecular formula is C20H27N3O2S. The van der Waals surface area contributed by atoms with Gasteiger partial charge in [-0.1, -0.05) is 19.1 Å². The van der Waals surface area contributed by atoms with E-state index in [0.717, 1.165) is 31.2 Å². The maximum absolute atomic E-state index is 12.6. The number of carbonyl (C=O) groups excluding carboxylic acids is 1. The van der Waals surface area contributed by atoms with Crippen LogP contribution >= 0.6 is 11.3 Å². The number of anilines is 1. The van der Waals surface area contributed by atoms with E-state index in [1.165, 1.54) is 24.2 Å². The average Bonchev–Trinajstić information content (AvgIpc) is 3.01. The molecule has 6 heteroatoms. The number of nitrogens with one attached hydrogen (secondary N) is 1. The summed E-state index contributed by atoms with van der Waals surface area (Å²) in [7, 11) is 0. The fraction of sp³-hybridized carbons (Fsp3) is 0.500. The molecule has 1 unspecified atom stereocenters. The Hall–Kier alpha value is -1.92. The van der Waals surface area contributed by atoms with Crippen LogP contribution < -0.4 is 10.1 Å². The molecule has 0 spiro atoms. The molecule has 1 saturated heterocycles. The first-order chi connectivity index (χ1) is 12.5. The summed E-state index contributed by atoms with van der Waals surface area (Å²) in [6.45, 7) is 9.30. The second-order valence-electron chi connectivity index (χ2n) is 7.24. The number of carbonyl (C=O) groups is 1. The van der Waals surface area contributed by atoms with Gasteiger partial charge in [0.15, 0.2) is 5.13 Å². The van der Waals surface area contributed by atoms with Crippen molar-refractivity contribution in [3.05, 3.63) is 40.9 Å². The summed E-state index contributed by atoms with van der Waals surface area (Å²) in [5, 5.41) is 5.58. The third-order valence-electron chi connectivity index (χ3n) is 4.39. The van der Waals surface area contributed by atoms with Crippen molar-refractivity contribution in [3.63, 3.8) is 0 Å². The lowest BCUT2D eigenvalue weighted by molar-refractivity contribution is 0.102. The lowest BCUT2D eigenvalue weighted by atomic mass is 10.0. The Balaban J connectivity index is 1.63. The molecule has 0 saturated carbocycles. The lowest BCUT2D eigenvalue weighted by Crippen LogP contribution is -2.33. The number of piperidine rings is 1. The van der Waals surface area contributed by atoms with Gasteiger partial charge in [-0.25, -0.2) is 4.98 Å². The number of hydrogen-bond acceptors (Lipinski definition) is 5. The van der Waals surface area contributed by atoms with Crippen molar-refractivity contribution in [3.8, 4) is 5.75 Å². The molecule has 0 aliphatic carbocycles. The van der Waals surface area contributed by atoms with Gasteiger partial charge < -0.3 is 4.74 Å². The minimum absolute atomic E-state index is 0.0161. The van der Waals surface area contributed by atoms with Crippen LogP contribution in [0.5, 0.6) is 5.75 Å². The van der Waals surface area contributed by atoms with Gasteiger partial charge >= 0.3 is 0 Å². The number of hydrogen-bond donors (Lipinski definition) is 1. The number of rotatable bonds is 6. The largest absolute Gasteiger partial charge is 0.490 e. The van der Waals surface area contributed by atoms with Crippen LogP contribution in [0.3, 0.4) is 0 Å². The van der Waals surface area contributed by atoms with E-state index in [-0.39, 0.29) is 12.0 Å². The van der Waals surface area contributed by atoms with Crippen molar-refractivity contribution >= 4 is 22.4 Å². The molecule has 1 fully saturated rings. The van der Waals surface area contributed by atoms with E-state index >= 15 is 0 Å². The summed E-state index contributed by atoms with van der Waals surface area (Å²) in [5.41, 5.74) is 1.55. The van der Waals surface area contributed by atoms with Gasteiger partial charge in [0.1, 0.15) is 5.75 Å². The third-order valence-corrected chi connectivity index (χ3v) is 5.20. The van der Waals surface area contributed by atoms with Crippen LogP contribution in [0, 0.1) is 5.92 Å². The zero-order valence-corrected chi connectivity index (χ0v) is 16.5. The highest BCUT2D eigenvalue weighted by atomic mass is 32.1. The fourth-order valence-corrected chi connectivity index (χ4v) is 3.97. The molecule has 1 aliphatic heterocycles. The van der Waals surface area contributed by atoms with Gasteiger partial charge in [-0.2, -0.15) is 0 Å². The van der Waals surface area contributed by atoms with Crippen molar-refractivity contribution in [2.75, 3.05) is 18.4 Å². The summed E-state index contributed by atoms with van der Waals surface area (Å²) in [5.74, 6) is 1.16. The maximum Gasteiger partial charge on any atom is 0.261 e. The van der Waals surface area contributed by atoms with Crippen LogP contribution in [0.25, 0.3) is 0 Å². The maximum atomic E-state index is 12.6. The van der Waals surface area contributed by atoms with Gasteiger partial charge in [0, 0.05) is 18.5 Å². The normalized spacial score (nSPS) is 18.1. The Kier molecular flexibility index (Phi) is 6.27. The van der Waals surface area contributed by atoms with Crippen LogP contribution in [-0.4, -0.2) is 35.0 Å². The smallest absolute Gasteiger partial charge is 0.261 e. The number of nitrogens with zero attached hydrogens (tertiary/aromatic N) is 2. The molecule has 140 valence electrons. The second kappa shape index (κ2) is 8.64.